The molecule has 6 aromatic carbocycles. The smallest absolute Gasteiger partial charge is 0.336 e. The number of carbonyl (C=O) groups excluding carboxylic acids is 4. The van der Waals surface area contributed by atoms with Gasteiger partial charge in [-0.05, 0) is 183 Å². The minimum atomic E-state index is -1.74. The molecule has 0 aliphatic heterocycles. The predicted octanol–water partition coefficient (Wildman–Crippen LogP) is 13.6. The minimum Gasteiger partial charge on any atom is -0.494 e. The van der Waals surface area contributed by atoms with E-state index in [1.54, 1.807) is 109 Å². The van der Waals surface area contributed by atoms with E-state index in [2.05, 4.69) is 13.8 Å². The Balaban J connectivity index is 0.943. The van der Waals surface area contributed by atoms with Gasteiger partial charge < -0.3 is 49.4 Å². The van der Waals surface area contributed by atoms with Crippen LogP contribution in [0, 0.1) is 5.41 Å². The van der Waals surface area contributed by atoms with Crippen LogP contribution in [0.5, 0.6) is 34.5 Å². The normalized spacial score (nSPS) is 11.3. The van der Waals surface area contributed by atoms with Gasteiger partial charge in [-0.2, -0.15) is 0 Å². The zero-order chi connectivity index (χ0) is 57.3. The molecule has 6 aromatic rings. The van der Waals surface area contributed by atoms with Gasteiger partial charge in [-0.15, -0.1) is 0 Å². The van der Waals surface area contributed by atoms with Crippen molar-refractivity contribution >= 4 is 47.4 Å². The first-order valence-electron chi connectivity index (χ1n) is 28.2. The number of hydrogen-bond acceptors (Lipinski definition) is 14. The molecular formula is C67H78N2O12. The van der Waals surface area contributed by atoms with Crippen LogP contribution in [0.15, 0.2) is 158 Å². The summed E-state index contributed by atoms with van der Waals surface area (Å²) in [5.74, 6) is 1.20. The Morgan fingerprint density at radius 3 is 1.00 bits per heavy atom. The molecule has 0 saturated carbocycles. The van der Waals surface area contributed by atoms with Crippen molar-refractivity contribution < 1.29 is 57.1 Å². The molecular weight excluding hydrogens is 1020 g/mol. The van der Waals surface area contributed by atoms with Crippen molar-refractivity contribution in [3.8, 4) is 34.5 Å². The van der Waals surface area contributed by atoms with Gasteiger partial charge in [0.2, 0.25) is 0 Å². The fourth-order valence-corrected chi connectivity index (χ4v) is 8.42. The molecule has 0 radical (unpaired) electrons. The molecule has 81 heavy (non-hydrogen) atoms. The fraction of sp³-hybridized carbons (Fsp3) is 0.343. The lowest BCUT2D eigenvalue weighted by atomic mass is 9.76. The molecule has 0 bridgehead atoms. The Morgan fingerprint density at radius 2 is 0.667 bits per heavy atom. The van der Waals surface area contributed by atoms with E-state index in [1.165, 1.54) is 37.8 Å². The maximum Gasteiger partial charge on any atom is 0.336 e. The molecule has 14 nitrogen and oxygen atoms in total. The Labute approximate surface area is 477 Å². The second-order valence-electron chi connectivity index (χ2n) is 19.7. The van der Waals surface area contributed by atoms with Crippen LogP contribution in [0.4, 0.5) is 11.4 Å². The van der Waals surface area contributed by atoms with Crippen molar-refractivity contribution in [2.45, 2.75) is 104 Å². The van der Waals surface area contributed by atoms with Crippen molar-refractivity contribution in [3.05, 3.63) is 180 Å². The number of hydrogen-bond donors (Lipinski definition) is 2. The highest BCUT2D eigenvalue weighted by molar-refractivity contribution is 6.01. The van der Waals surface area contributed by atoms with Crippen LogP contribution in [0.25, 0.3) is 12.2 Å². The van der Waals surface area contributed by atoms with Crippen LogP contribution < -0.4 is 39.9 Å². The molecule has 0 atom stereocenters. The number of rotatable bonds is 36. The summed E-state index contributed by atoms with van der Waals surface area (Å²) in [4.78, 5) is 53.9. The molecule has 0 heterocycles. The summed E-state index contributed by atoms with van der Waals surface area (Å²) >= 11 is 0. The van der Waals surface area contributed by atoms with Gasteiger partial charge in [0.05, 0.1) is 39.6 Å². The molecule has 4 N–H and O–H groups in total. The van der Waals surface area contributed by atoms with Gasteiger partial charge in [0.15, 0.2) is 5.41 Å². The number of nitrogen functional groups attached to an aromatic ring is 2. The molecule has 0 saturated heterocycles. The molecule has 0 aromatic heterocycles. The van der Waals surface area contributed by atoms with Gasteiger partial charge in [0.1, 0.15) is 34.5 Å². The SMILES string of the molecule is CCCCCCOc1ccc(OC(=O)C=Cc2ccc(OCCCCOC(=O)C(Cc3ccc(N)cc3)(Cc3ccc(N)cc3)C(=O)OCCCCOc3ccc(C=CC(=O)Oc4ccc(OCCCCCC)cc4)cc3)cc2)cc1. The quantitative estimate of drug-likeness (QED) is 0.00942. The third-order valence-corrected chi connectivity index (χ3v) is 13.0. The van der Waals surface area contributed by atoms with Crippen molar-refractivity contribution in [1.82, 2.24) is 0 Å². The largest absolute Gasteiger partial charge is 0.494 e. The fourth-order valence-electron chi connectivity index (χ4n) is 8.42. The van der Waals surface area contributed by atoms with Crippen LogP contribution in [-0.2, 0) is 41.5 Å². The van der Waals surface area contributed by atoms with Gasteiger partial charge in [-0.1, -0.05) is 101 Å². The number of esters is 4. The Kier molecular flexibility index (Phi) is 26.3. The molecule has 6 rings (SSSR count). The van der Waals surface area contributed by atoms with Crippen LogP contribution in [0.2, 0.25) is 0 Å². The highest BCUT2D eigenvalue weighted by Gasteiger charge is 2.49. The van der Waals surface area contributed by atoms with E-state index in [-0.39, 0.29) is 26.1 Å². The van der Waals surface area contributed by atoms with Crippen molar-refractivity contribution in [1.29, 1.82) is 0 Å². The molecule has 0 aliphatic carbocycles. The van der Waals surface area contributed by atoms with Crippen molar-refractivity contribution in [3.63, 3.8) is 0 Å². The Bertz CT molecular complexity index is 2670. The van der Waals surface area contributed by atoms with E-state index in [0.717, 1.165) is 48.3 Å². The van der Waals surface area contributed by atoms with Gasteiger partial charge in [0.25, 0.3) is 0 Å². The zero-order valence-electron chi connectivity index (χ0n) is 46.9. The summed E-state index contributed by atoms with van der Waals surface area (Å²) < 4.78 is 46.2. The predicted molar refractivity (Wildman–Crippen MR) is 317 cm³/mol. The van der Waals surface area contributed by atoms with E-state index in [4.69, 9.17) is 49.4 Å². The monoisotopic (exact) mass is 1100 g/mol. The van der Waals surface area contributed by atoms with Gasteiger partial charge in [0, 0.05) is 23.5 Å². The van der Waals surface area contributed by atoms with E-state index in [0.29, 0.717) is 97.6 Å². The highest BCUT2D eigenvalue weighted by atomic mass is 16.6. The Hall–Kier alpha value is -8.52. The summed E-state index contributed by atoms with van der Waals surface area (Å²) in [6.45, 7) is 6.45. The summed E-state index contributed by atoms with van der Waals surface area (Å²) in [5, 5.41) is 0. The lowest BCUT2D eigenvalue weighted by molar-refractivity contribution is -0.173. The number of unbranched alkanes of at least 4 members (excludes halogenated alkanes) is 8. The number of anilines is 2. The Morgan fingerprint density at radius 1 is 0.370 bits per heavy atom. The third-order valence-electron chi connectivity index (χ3n) is 13.0. The van der Waals surface area contributed by atoms with E-state index >= 15 is 0 Å². The summed E-state index contributed by atoms with van der Waals surface area (Å²) in [7, 11) is 0. The molecule has 0 unspecified atom stereocenters. The lowest BCUT2D eigenvalue weighted by Crippen LogP contribution is -2.46. The topological polar surface area (TPSA) is 194 Å². The van der Waals surface area contributed by atoms with E-state index in [9.17, 15) is 19.2 Å². The maximum atomic E-state index is 14.4. The number of carbonyl (C=O) groups is 4. The van der Waals surface area contributed by atoms with E-state index in [1.807, 2.05) is 48.5 Å². The standard InChI is InChI=1S/C67H78N2O12/c1-3-5-7-9-43-74-59-33-37-61(38-34-59)80-63(70)41-23-51-19-29-57(30-20-51)76-45-11-13-47-78-65(72)67(49-53-15-25-55(68)26-16-53,50-54-17-27-56(69)28-18-54)66(73)79-48-14-12-46-77-58-31-21-52(22-32-58)24-42-64(71)81-62-39-35-60(36-40-62)75-44-10-8-6-4-2/h15-42H,3-14,43-50,68-69H2,1-2H3. The van der Waals surface area contributed by atoms with Crippen LogP contribution in [0.1, 0.15) is 113 Å². The molecule has 0 fully saturated rings. The molecule has 14 heteroatoms. The second-order valence-corrected chi connectivity index (χ2v) is 19.7. The lowest BCUT2D eigenvalue weighted by Gasteiger charge is -2.30. The first-order chi connectivity index (χ1) is 39.5. The van der Waals surface area contributed by atoms with Crippen LogP contribution >= 0.6 is 0 Å². The van der Waals surface area contributed by atoms with Gasteiger partial charge in [-0.25, -0.2) is 9.59 Å². The van der Waals surface area contributed by atoms with Crippen LogP contribution in [0.3, 0.4) is 0 Å². The average Bonchev–Trinajstić information content (AvgIpc) is 3.52. The molecule has 428 valence electrons. The van der Waals surface area contributed by atoms with Gasteiger partial charge >= 0.3 is 23.9 Å². The summed E-state index contributed by atoms with van der Waals surface area (Å²) in [5.41, 5.74) is 14.4. The van der Waals surface area contributed by atoms with Crippen molar-refractivity contribution in [2.24, 2.45) is 5.41 Å². The molecule has 0 amide bonds. The van der Waals surface area contributed by atoms with Crippen LogP contribution in [-0.4, -0.2) is 63.5 Å². The van der Waals surface area contributed by atoms with E-state index < -0.39 is 29.3 Å². The number of benzene rings is 6. The third kappa shape index (κ3) is 22.6. The summed E-state index contributed by atoms with van der Waals surface area (Å²) in [6.07, 6.45) is 17.2. The first-order valence-corrected chi connectivity index (χ1v) is 28.2. The average molecular weight is 1100 g/mol. The van der Waals surface area contributed by atoms with Crippen molar-refractivity contribution in [2.75, 3.05) is 51.1 Å². The maximum absolute atomic E-state index is 14.4. The minimum absolute atomic E-state index is 0.00619. The number of ether oxygens (including phenoxy) is 8. The second kappa shape index (κ2) is 34.5. The highest BCUT2D eigenvalue weighted by Crippen LogP contribution is 2.33. The molecule has 0 spiro atoms. The van der Waals surface area contributed by atoms with Gasteiger partial charge in [-0.3, -0.25) is 9.59 Å². The summed E-state index contributed by atoms with van der Waals surface area (Å²) in [6, 6.07) is 42.6. The number of nitrogens with two attached hydrogens (primary N) is 2. The zero-order valence-corrected chi connectivity index (χ0v) is 46.9. The molecule has 0 aliphatic rings. The first kappa shape index (κ1) is 61.7.